The van der Waals surface area contributed by atoms with E-state index in [2.05, 4.69) is 35.1 Å². The van der Waals surface area contributed by atoms with E-state index >= 15 is 0 Å². The SMILES string of the molecule is CC1(C)CSCC(Nc2cc(C(F)(F)F)ccc2Br)C1. The van der Waals surface area contributed by atoms with Crippen molar-refractivity contribution in [3.05, 3.63) is 28.2 Å². The lowest BCUT2D eigenvalue weighted by Crippen LogP contribution is -2.35. The molecule has 1 aromatic carbocycles. The third-order valence-electron chi connectivity index (χ3n) is 3.26. The third-order valence-corrected chi connectivity index (χ3v) is 5.58. The zero-order valence-corrected chi connectivity index (χ0v) is 13.8. The largest absolute Gasteiger partial charge is 0.416 e. The Balaban J connectivity index is 2.16. The molecule has 0 aromatic heterocycles. The second-order valence-electron chi connectivity index (χ2n) is 5.92. The van der Waals surface area contributed by atoms with Gasteiger partial charge in [-0.1, -0.05) is 13.8 Å². The average molecular weight is 368 g/mol. The maximum absolute atomic E-state index is 12.8. The Hall–Kier alpha value is -0.360. The number of rotatable bonds is 2. The van der Waals surface area contributed by atoms with E-state index in [-0.39, 0.29) is 11.5 Å². The molecule has 0 amide bonds. The van der Waals surface area contributed by atoms with E-state index in [1.54, 1.807) is 0 Å². The van der Waals surface area contributed by atoms with E-state index in [1.807, 2.05) is 11.8 Å². The first-order valence-corrected chi connectivity index (χ1v) is 8.33. The topological polar surface area (TPSA) is 12.0 Å². The van der Waals surface area contributed by atoms with E-state index < -0.39 is 11.7 Å². The van der Waals surface area contributed by atoms with Crippen LogP contribution in [0, 0.1) is 5.41 Å². The van der Waals surface area contributed by atoms with Crippen LogP contribution in [0.3, 0.4) is 0 Å². The van der Waals surface area contributed by atoms with Gasteiger partial charge in [-0.05, 0) is 51.7 Å². The molecule has 6 heteroatoms. The van der Waals surface area contributed by atoms with Crippen LogP contribution in [0.25, 0.3) is 0 Å². The Labute approximate surface area is 129 Å². The molecule has 0 spiro atoms. The van der Waals surface area contributed by atoms with Crippen molar-refractivity contribution >= 4 is 33.4 Å². The first kappa shape index (κ1) is 16.0. The smallest absolute Gasteiger partial charge is 0.381 e. The summed E-state index contributed by atoms with van der Waals surface area (Å²) in [6.07, 6.45) is -3.35. The minimum absolute atomic E-state index is 0.198. The van der Waals surface area contributed by atoms with E-state index in [0.717, 1.165) is 24.0 Å². The molecule has 0 bridgehead atoms. The number of hydrogen-bond acceptors (Lipinski definition) is 2. The highest BCUT2D eigenvalue weighted by Crippen LogP contribution is 2.37. The predicted octanol–water partition coefficient (Wildman–Crippen LogP) is 5.41. The standard InChI is InChI=1S/C14H17BrF3NS/c1-13(2)6-10(7-20-8-13)19-12-5-9(14(16,17)18)3-4-11(12)15/h3-5,10,19H,6-8H2,1-2H3. The van der Waals surface area contributed by atoms with Crippen molar-refractivity contribution in [2.75, 3.05) is 16.8 Å². The van der Waals surface area contributed by atoms with Gasteiger partial charge >= 0.3 is 6.18 Å². The molecule has 1 unspecified atom stereocenters. The van der Waals surface area contributed by atoms with Crippen molar-refractivity contribution in [2.24, 2.45) is 5.41 Å². The van der Waals surface area contributed by atoms with Crippen LogP contribution in [0.1, 0.15) is 25.8 Å². The third kappa shape index (κ3) is 4.07. The van der Waals surface area contributed by atoms with Crippen LogP contribution < -0.4 is 5.32 Å². The zero-order chi connectivity index (χ0) is 15.0. The molecule has 1 aromatic rings. The summed E-state index contributed by atoms with van der Waals surface area (Å²) in [5, 5.41) is 3.25. The second kappa shape index (κ2) is 5.79. The Bertz CT molecular complexity index is 488. The normalized spacial score (nSPS) is 22.6. The van der Waals surface area contributed by atoms with Gasteiger partial charge in [0.2, 0.25) is 0 Å². The van der Waals surface area contributed by atoms with Gasteiger partial charge in [-0.25, -0.2) is 0 Å². The van der Waals surface area contributed by atoms with Gasteiger partial charge in [0.25, 0.3) is 0 Å². The summed E-state index contributed by atoms with van der Waals surface area (Å²) in [7, 11) is 0. The van der Waals surface area contributed by atoms with Crippen molar-refractivity contribution in [2.45, 2.75) is 32.5 Å². The lowest BCUT2D eigenvalue weighted by atomic mass is 9.88. The van der Waals surface area contributed by atoms with Crippen molar-refractivity contribution < 1.29 is 13.2 Å². The predicted molar refractivity (Wildman–Crippen MR) is 82.3 cm³/mol. The number of anilines is 1. The first-order chi connectivity index (χ1) is 9.17. The van der Waals surface area contributed by atoms with Crippen LogP contribution in [0.15, 0.2) is 22.7 Å². The van der Waals surface area contributed by atoms with Crippen LogP contribution in [-0.2, 0) is 6.18 Å². The zero-order valence-electron chi connectivity index (χ0n) is 11.4. The van der Waals surface area contributed by atoms with Crippen molar-refractivity contribution in [1.29, 1.82) is 0 Å². The molecule has 1 heterocycles. The van der Waals surface area contributed by atoms with Crippen LogP contribution >= 0.6 is 27.7 Å². The second-order valence-corrected chi connectivity index (χ2v) is 7.80. The Morgan fingerprint density at radius 2 is 2.05 bits per heavy atom. The minimum atomic E-state index is -4.31. The maximum atomic E-state index is 12.8. The summed E-state index contributed by atoms with van der Waals surface area (Å²) < 4.78 is 38.9. The molecule has 1 atom stereocenters. The molecule has 0 aliphatic carbocycles. The molecular weight excluding hydrogens is 351 g/mol. The molecule has 1 aliphatic heterocycles. The van der Waals surface area contributed by atoms with E-state index in [9.17, 15) is 13.2 Å². The lowest BCUT2D eigenvalue weighted by molar-refractivity contribution is -0.137. The molecule has 1 aliphatic rings. The van der Waals surface area contributed by atoms with E-state index in [4.69, 9.17) is 0 Å². The number of hydrogen-bond donors (Lipinski definition) is 1. The van der Waals surface area contributed by atoms with Gasteiger partial charge in [0.15, 0.2) is 0 Å². The van der Waals surface area contributed by atoms with Crippen LogP contribution in [0.5, 0.6) is 0 Å². The molecule has 2 rings (SSSR count). The molecule has 0 saturated carbocycles. The van der Waals surface area contributed by atoms with Gasteiger partial charge in [-0.2, -0.15) is 24.9 Å². The molecule has 1 nitrogen and oxygen atoms in total. The molecule has 112 valence electrons. The summed E-state index contributed by atoms with van der Waals surface area (Å²) in [5.74, 6) is 2.01. The highest BCUT2D eigenvalue weighted by molar-refractivity contribution is 9.10. The summed E-state index contributed by atoms with van der Waals surface area (Å²) in [6, 6.07) is 3.92. The summed E-state index contributed by atoms with van der Waals surface area (Å²) in [5.41, 5.74) is 0.114. The molecule has 1 saturated heterocycles. The van der Waals surface area contributed by atoms with Crippen molar-refractivity contribution in [1.82, 2.24) is 0 Å². The Morgan fingerprint density at radius 1 is 1.35 bits per heavy atom. The summed E-state index contributed by atoms with van der Waals surface area (Å²) in [4.78, 5) is 0. The molecule has 1 N–H and O–H groups in total. The van der Waals surface area contributed by atoms with Gasteiger partial charge in [-0.3, -0.25) is 0 Å². The number of benzene rings is 1. The van der Waals surface area contributed by atoms with Gasteiger partial charge in [0.05, 0.1) is 5.56 Å². The number of nitrogens with one attached hydrogen (secondary N) is 1. The van der Waals surface area contributed by atoms with Gasteiger partial charge in [0.1, 0.15) is 0 Å². The van der Waals surface area contributed by atoms with Gasteiger partial charge in [0, 0.05) is 22.0 Å². The van der Waals surface area contributed by atoms with Gasteiger partial charge < -0.3 is 5.32 Å². The molecule has 0 radical (unpaired) electrons. The quantitative estimate of drug-likeness (QED) is 0.749. The van der Waals surface area contributed by atoms with Crippen LogP contribution in [-0.4, -0.2) is 17.5 Å². The van der Waals surface area contributed by atoms with Crippen molar-refractivity contribution in [3.63, 3.8) is 0 Å². The number of alkyl halides is 3. The van der Waals surface area contributed by atoms with Crippen LogP contribution in [0.4, 0.5) is 18.9 Å². The fourth-order valence-electron chi connectivity index (χ4n) is 2.39. The lowest BCUT2D eigenvalue weighted by Gasteiger charge is -2.35. The van der Waals surface area contributed by atoms with Gasteiger partial charge in [-0.15, -0.1) is 0 Å². The van der Waals surface area contributed by atoms with E-state index in [0.29, 0.717) is 10.2 Å². The fourth-order valence-corrected chi connectivity index (χ4v) is 4.02. The van der Waals surface area contributed by atoms with Crippen LogP contribution in [0.2, 0.25) is 0 Å². The molecular formula is C14H17BrF3NS. The van der Waals surface area contributed by atoms with Crippen molar-refractivity contribution in [3.8, 4) is 0 Å². The highest BCUT2D eigenvalue weighted by atomic mass is 79.9. The minimum Gasteiger partial charge on any atom is -0.381 e. The van der Waals surface area contributed by atoms with E-state index in [1.165, 1.54) is 12.1 Å². The Kier molecular flexibility index (Phi) is 4.64. The maximum Gasteiger partial charge on any atom is 0.416 e. The fraction of sp³-hybridized carbons (Fsp3) is 0.571. The Morgan fingerprint density at radius 3 is 2.65 bits per heavy atom. The summed E-state index contributed by atoms with van der Waals surface area (Å²) in [6.45, 7) is 4.38. The summed E-state index contributed by atoms with van der Waals surface area (Å²) >= 11 is 5.16. The average Bonchev–Trinajstić information content (AvgIpc) is 2.29. The number of thioether (sulfide) groups is 1. The highest BCUT2D eigenvalue weighted by Gasteiger charge is 2.32. The molecule has 20 heavy (non-hydrogen) atoms. The monoisotopic (exact) mass is 367 g/mol. The molecule has 1 fully saturated rings. The number of halogens is 4. The first-order valence-electron chi connectivity index (χ1n) is 6.38.